The molecule has 2 N–H and O–H groups in total. The molecule has 0 fully saturated rings. The van der Waals surface area contributed by atoms with Crippen LogP contribution in [0, 0.1) is 5.82 Å². The van der Waals surface area contributed by atoms with Crippen molar-refractivity contribution in [3.05, 3.63) is 28.5 Å². The van der Waals surface area contributed by atoms with E-state index in [1.165, 1.54) is 19.2 Å². The van der Waals surface area contributed by atoms with Crippen molar-refractivity contribution in [2.45, 2.75) is 19.4 Å². The zero-order valence-corrected chi connectivity index (χ0v) is 8.94. The molecule has 4 heteroatoms. The third kappa shape index (κ3) is 2.36. The van der Waals surface area contributed by atoms with Gasteiger partial charge in [0.05, 0.1) is 12.1 Å². The Balaban J connectivity index is 3.11. The lowest BCUT2D eigenvalue weighted by Crippen LogP contribution is -2.18. The summed E-state index contributed by atoms with van der Waals surface area (Å²) in [4.78, 5) is 0. The fourth-order valence-electron chi connectivity index (χ4n) is 1.24. The maximum Gasteiger partial charge on any atom is 0.137 e. The van der Waals surface area contributed by atoms with Crippen LogP contribution in [0.15, 0.2) is 12.1 Å². The van der Waals surface area contributed by atoms with E-state index in [1.54, 1.807) is 6.92 Å². The smallest absolute Gasteiger partial charge is 0.137 e. The highest BCUT2D eigenvalue weighted by Crippen LogP contribution is 2.30. The molecule has 2 nitrogen and oxygen atoms in total. The first-order chi connectivity index (χ1) is 6.56. The summed E-state index contributed by atoms with van der Waals surface area (Å²) in [6, 6.07) is 2.71. The monoisotopic (exact) mass is 217 g/mol. The van der Waals surface area contributed by atoms with Crippen molar-refractivity contribution in [1.82, 2.24) is 0 Å². The molecule has 0 heterocycles. The van der Waals surface area contributed by atoms with Crippen LogP contribution in [0.4, 0.5) is 4.39 Å². The van der Waals surface area contributed by atoms with Gasteiger partial charge in [-0.25, -0.2) is 4.39 Å². The molecule has 0 amide bonds. The van der Waals surface area contributed by atoms with E-state index >= 15 is 0 Å². The van der Waals surface area contributed by atoms with Crippen molar-refractivity contribution in [1.29, 1.82) is 0 Å². The van der Waals surface area contributed by atoms with Crippen LogP contribution in [0.1, 0.15) is 12.5 Å². The highest BCUT2D eigenvalue weighted by molar-refractivity contribution is 6.32. The Morgan fingerprint density at radius 1 is 1.57 bits per heavy atom. The van der Waals surface area contributed by atoms with Crippen LogP contribution >= 0.6 is 11.6 Å². The molecule has 0 saturated carbocycles. The van der Waals surface area contributed by atoms with Crippen molar-refractivity contribution >= 4 is 11.6 Å². The largest absolute Gasteiger partial charge is 0.495 e. The predicted octanol–water partition coefficient (Wildman–Crippen LogP) is 2.38. The van der Waals surface area contributed by atoms with E-state index in [0.717, 1.165) is 0 Å². The third-order valence-electron chi connectivity index (χ3n) is 1.90. The second-order valence-electron chi connectivity index (χ2n) is 3.22. The number of ether oxygens (including phenoxy) is 1. The van der Waals surface area contributed by atoms with Crippen LogP contribution in [-0.2, 0) is 6.42 Å². The summed E-state index contributed by atoms with van der Waals surface area (Å²) >= 11 is 5.94. The van der Waals surface area contributed by atoms with Gasteiger partial charge in [-0.2, -0.15) is 0 Å². The molecule has 0 aliphatic rings. The minimum absolute atomic E-state index is 0.130. The number of hydrogen-bond donors (Lipinski definition) is 1. The molecule has 0 aliphatic heterocycles. The van der Waals surface area contributed by atoms with Crippen molar-refractivity contribution in [2.24, 2.45) is 5.73 Å². The van der Waals surface area contributed by atoms with Crippen molar-refractivity contribution in [3.63, 3.8) is 0 Å². The molecule has 0 saturated heterocycles. The SMILES string of the molecule is COc1ccc(F)c(CC(C)N)c1Cl. The average Bonchev–Trinajstić information content (AvgIpc) is 2.12. The lowest BCUT2D eigenvalue weighted by molar-refractivity contribution is 0.412. The van der Waals surface area contributed by atoms with Gasteiger partial charge >= 0.3 is 0 Å². The van der Waals surface area contributed by atoms with Gasteiger partial charge in [0.25, 0.3) is 0 Å². The highest BCUT2D eigenvalue weighted by Gasteiger charge is 2.13. The molecular formula is C10H13ClFNO. The van der Waals surface area contributed by atoms with E-state index in [2.05, 4.69) is 0 Å². The minimum Gasteiger partial charge on any atom is -0.495 e. The zero-order chi connectivity index (χ0) is 10.7. The lowest BCUT2D eigenvalue weighted by atomic mass is 10.1. The molecule has 0 aliphatic carbocycles. The summed E-state index contributed by atoms with van der Waals surface area (Å²) in [5.41, 5.74) is 6.01. The van der Waals surface area contributed by atoms with E-state index < -0.39 is 0 Å². The van der Waals surface area contributed by atoms with Crippen LogP contribution in [0.3, 0.4) is 0 Å². The fraction of sp³-hybridized carbons (Fsp3) is 0.400. The van der Waals surface area contributed by atoms with Crippen LogP contribution in [-0.4, -0.2) is 13.2 Å². The number of methoxy groups -OCH3 is 1. The molecule has 1 rings (SSSR count). The summed E-state index contributed by atoms with van der Waals surface area (Å²) in [5, 5.41) is 0.310. The standard InChI is InChI=1S/C10H13ClFNO/c1-6(13)5-7-8(12)3-4-9(14-2)10(7)11/h3-4,6H,5,13H2,1-2H3. The maximum atomic E-state index is 13.3. The van der Waals surface area contributed by atoms with Gasteiger partial charge in [-0.3, -0.25) is 0 Å². The van der Waals surface area contributed by atoms with Gasteiger partial charge < -0.3 is 10.5 Å². The maximum absolute atomic E-state index is 13.3. The van der Waals surface area contributed by atoms with Crippen molar-refractivity contribution in [3.8, 4) is 5.75 Å². The fourth-order valence-corrected chi connectivity index (χ4v) is 1.55. The molecule has 14 heavy (non-hydrogen) atoms. The molecule has 1 aromatic rings. The number of rotatable bonds is 3. The number of hydrogen-bond acceptors (Lipinski definition) is 2. The molecule has 0 aromatic heterocycles. The van der Waals surface area contributed by atoms with E-state index in [4.69, 9.17) is 22.1 Å². The summed E-state index contributed by atoms with van der Waals surface area (Å²) in [5.74, 6) is 0.136. The first-order valence-corrected chi connectivity index (χ1v) is 4.70. The van der Waals surface area contributed by atoms with Crippen molar-refractivity contribution in [2.75, 3.05) is 7.11 Å². The molecule has 78 valence electrons. The lowest BCUT2D eigenvalue weighted by Gasteiger charge is -2.11. The Bertz CT molecular complexity index is 328. The quantitative estimate of drug-likeness (QED) is 0.844. The van der Waals surface area contributed by atoms with Gasteiger partial charge in [0.2, 0.25) is 0 Å². The van der Waals surface area contributed by atoms with E-state index in [1.807, 2.05) is 0 Å². The van der Waals surface area contributed by atoms with Gasteiger partial charge in [-0.1, -0.05) is 11.6 Å². The Kier molecular flexibility index (Phi) is 3.72. The third-order valence-corrected chi connectivity index (χ3v) is 2.31. The van der Waals surface area contributed by atoms with Gasteiger partial charge in [0.1, 0.15) is 11.6 Å². The Morgan fingerprint density at radius 2 is 2.21 bits per heavy atom. The minimum atomic E-state index is -0.340. The Hall–Kier alpha value is -0.800. The van der Waals surface area contributed by atoms with Gasteiger partial charge in [0, 0.05) is 11.6 Å². The molecule has 1 aromatic carbocycles. The molecule has 1 unspecified atom stereocenters. The Labute approximate surface area is 87.8 Å². The molecule has 1 atom stereocenters. The first-order valence-electron chi connectivity index (χ1n) is 4.32. The number of halogens is 2. The average molecular weight is 218 g/mol. The normalized spacial score (nSPS) is 12.6. The van der Waals surface area contributed by atoms with Gasteiger partial charge in [-0.05, 0) is 25.5 Å². The van der Waals surface area contributed by atoms with E-state index in [0.29, 0.717) is 22.8 Å². The summed E-state index contributed by atoms with van der Waals surface area (Å²) in [7, 11) is 1.49. The predicted molar refractivity (Wildman–Crippen MR) is 55.3 cm³/mol. The highest BCUT2D eigenvalue weighted by atomic mass is 35.5. The van der Waals surface area contributed by atoms with E-state index in [9.17, 15) is 4.39 Å². The van der Waals surface area contributed by atoms with Crippen LogP contribution in [0.25, 0.3) is 0 Å². The van der Waals surface area contributed by atoms with Crippen LogP contribution < -0.4 is 10.5 Å². The van der Waals surface area contributed by atoms with Gasteiger partial charge in [-0.15, -0.1) is 0 Å². The second kappa shape index (κ2) is 4.62. The molecule has 0 bridgehead atoms. The second-order valence-corrected chi connectivity index (χ2v) is 3.60. The van der Waals surface area contributed by atoms with Gasteiger partial charge in [0.15, 0.2) is 0 Å². The first kappa shape index (κ1) is 11.3. The van der Waals surface area contributed by atoms with Crippen molar-refractivity contribution < 1.29 is 9.13 Å². The Morgan fingerprint density at radius 3 is 2.71 bits per heavy atom. The van der Waals surface area contributed by atoms with Crippen LogP contribution in [0.5, 0.6) is 5.75 Å². The molecule has 0 spiro atoms. The topological polar surface area (TPSA) is 35.2 Å². The zero-order valence-electron chi connectivity index (χ0n) is 8.18. The number of benzene rings is 1. The summed E-state index contributed by atoms with van der Waals surface area (Å²) < 4.78 is 18.3. The van der Waals surface area contributed by atoms with Crippen LogP contribution in [0.2, 0.25) is 5.02 Å². The molecule has 0 radical (unpaired) electrons. The molecular weight excluding hydrogens is 205 g/mol. The summed E-state index contributed by atoms with van der Waals surface area (Å²) in [6.45, 7) is 1.80. The summed E-state index contributed by atoms with van der Waals surface area (Å²) in [6.07, 6.45) is 0.405. The van der Waals surface area contributed by atoms with E-state index in [-0.39, 0.29) is 11.9 Å². The number of nitrogens with two attached hydrogens (primary N) is 1.